The Morgan fingerprint density at radius 2 is 2.30 bits per heavy atom. The zero-order valence-corrected chi connectivity index (χ0v) is 6.83. The molecule has 0 fully saturated rings. The second-order valence-corrected chi connectivity index (χ2v) is 2.65. The summed E-state index contributed by atoms with van der Waals surface area (Å²) in [5, 5.41) is 5.79. The molecule has 0 atom stereocenters. The Hall–Kier alpha value is -0.970. The average Bonchev–Trinajstić information content (AvgIpc) is 1.82. The Morgan fingerprint density at radius 3 is 2.70 bits per heavy atom. The second-order valence-electron chi connectivity index (χ2n) is 2.65. The highest BCUT2D eigenvalue weighted by molar-refractivity contribution is 5.76. The third kappa shape index (κ3) is 5.17. The van der Waals surface area contributed by atoms with E-state index in [-0.39, 0.29) is 0 Å². The van der Waals surface area contributed by atoms with Gasteiger partial charge in [-0.25, -0.2) is 0 Å². The van der Waals surface area contributed by atoms with Crippen molar-refractivity contribution in [1.82, 2.24) is 5.01 Å². The van der Waals surface area contributed by atoms with E-state index in [2.05, 4.69) is 24.9 Å². The van der Waals surface area contributed by atoms with Crippen molar-refractivity contribution in [1.29, 1.82) is 0 Å². The summed E-state index contributed by atoms with van der Waals surface area (Å²) in [6, 6.07) is 0. The van der Waals surface area contributed by atoms with Gasteiger partial charge in [-0.05, 0) is 5.92 Å². The van der Waals surface area contributed by atoms with E-state index < -0.39 is 0 Å². The Labute approximate surface area is 62.9 Å². The molecule has 0 aliphatic carbocycles. The van der Waals surface area contributed by atoms with Gasteiger partial charge in [0.15, 0.2) is 0 Å². The highest BCUT2D eigenvalue weighted by atomic mass is 15.4. The summed E-state index contributed by atoms with van der Waals surface area (Å²) in [5.41, 5.74) is 0. The Morgan fingerprint density at radius 1 is 1.70 bits per heavy atom. The molecule has 0 aliphatic rings. The smallest absolute Gasteiger partial charge is 0.0965 e. The van der Waals surface area contributed by atoms with Crippen LogP contribution in [0.3, 0.4) is 0 Å². The van der Waals surface area contributed by atoms with Crippen LogP contribution in [0.2, 0.25) is 0 Å². The minimum Gasteiger partial charge on any atom is -0.299 e. The number of nitrogens with zero attached hydrogens (tertiary/aromatic N) is 2. The van der Waals surface area contributed by atoms with E-state index in [0.717, 1.165) is 6.54 Å². The summed E-state index contributed by atoms with van der Waals surface area (Å²) in [4.78, 5) is 0. The second kappa shape index (κ2) is 4.87. The van der Waals surface area contributed by atoms with E-state index in [9.17, 15) is 0 Å². The maximum Gasteiger partial charge on any atom is 0.0965 e. The van der Waals surface area contributed by atoms with E-state index in [1.54, 1.807) is 0 Å². The molecule has 0 aliphatic heterocycles. The molecule has 0 amide bonds. The standard InChI is InChI=1S/C8H14N2/c1-5-6-9-10(4)7-8(2)3/h1,6,8H,7H2,2-4H3/b9-6-. The molecule has 0 aromatic heterocycles. The molecule has 0 rings (SSSR count). The van der Waals surface area contributed by atoms with Crippen LogP contribution >= 0.6 is 0 Å². The van der Waals surface area contributed by atoms with Gasteiger partial charge >= 0.3 is 0 Å². The van der Waals surface area contributed by atoms with Crippen molar-refractivity contribution in [2.45, 2.75) is 13.8 Å². The molecule has 0 N–H and O–H groups in total. The Kier molecular flexibility index (Phi) is 4.39. The molecule has 56 valence electrons. The van der Waals surface area contributed by atoms with Crippen molar-refractivity contribution in [2.24, 2.45) is 11.0 Å². The number of terminal acetylenes is 1. The number of hydrogen-bond donors (Lipinski definition) is 0. The van der Waals surface area contributed by atoms with Gasteiger partial charge in [-0.15, -0.1) is 6.42 Å². The van der Waals surface area contributed by atoms with Crippen molar-refractivity contribution in [3.8, 4) is 12.3 Å². The van der Waals surface area contributed by atoms with Gasteiger partial charge in [0.1, 0.15) is 0 Å². The SMILES string of the molecule is C#C/C=N\N(C)CC(C)C. The van der Waals surface area contributed by atoms with Crippen LogP contribution in [0.1, 0.15) is 13.8 Å². The Bertz CT molecular complexity index is 142. The lowest BCUT2D eigenvalue weighted by atomic mass is 10.2. The van der Waals surface area contributed by atoms with Crippen LogP contribution in [0, 0.1) is 18.3 Å². The monoisotopic (exact) mass is 138 g/mol. The normalized spacial score (nSPS) is 10.3. The van der Waals surface area contributed by atoms with Gasteiger partial charge in [-0.1, -0.05) is 19.8 Å². The maximum atomic E-state index is 4.98. The fourth-order valence-electron chi connectivity index (χ4n) is 0.707. The van der Waals surface area contributed by atoms with Gasteiger partial charge in [0.2, 0.25) is 0 Å². The van der Waals surface area contributed by atoms with E-state index in [0.29, 0.717) is 5.92 Å². The predicted molar refractivity (Wildman–Crippen MR) is 44.8 cm³/mol. The third-order valence-electron chi connectivity index (χ3n) is 0.959. The molecule has 0 radical (unpaired) electrons. The molecule has 0 aromatic carbocycles. The van der Waals surface area contributed by atoms with Crippen molar-refractivity contribution >= 4 is 6.21 Å². The maximum absolute atomic E-state index is 4.98. The molecule has 2 heteroatoms. The molecule has 0 spiro atoms. The molecule has 0 saturated carbocycles. The summed E-state index contributed by atoms with van der Waals surface area (Å²) in [7, 11) is 1.91. The van der Waals surface area contributed by atoms with Gasteiger partial charge in [0, 0.05) is 13.6 Å². The number of hydrazone groups is 1. The van der Waals surface area contributed by atoms with Crippen molar-refractivity contribution in [3.63, 3.8) is 0 Å². The predicted octanol–water partition coefficient (Wildman–Crippen LogP) is 1.19. The van der Waals surface area contributed by atoms with Gasteiger partial charge < -0.3 is 0 Å². The van der Waals surface area contributed by atoms with Crippen LogP contribution in [0.5, 0.6) is 0 Å². The number of hydrogen-bond acceptors (Lipinski definition) is 2. The fourth-order valence-corrected chi connectivity index (χ4v) is 0.707. The van der Waals surface area contributed by atoms with Crippen LogP contribution in [-0.2, 0) is 0 Å². The molecule has 0 bridgehead atoms. The summed E-state index contributed by atoms with van der Waals surface area (Å²) in [6.07, 6.45) is 6.44. The fraction of sp³-hybridized carbons (Fsp3) is 0.625. The lowest BCUT2D eigenvalue weighted by Crippen LogP contribution is -2.17. The topological polar surface area (TPSA) is 15.6 Å². The summed E-state index contributed by atoms with van der Waals surface area (Å²) >= 11 is 0. The van der Waals surface area contributed by atoms with Crippen molar-refractivity contribution in [2.75, 3.05) is 13.6 Å². The van der Waals surface area contributed by atoms with Crippen LogP contribution in [0.15, 0.2) is 5.10 Å². The molecule has 0 aromatic rings. The quantitative estimate of drug-likeness (QED) is 0.325. The minimum absolute atomic E-state index is 0.625. The van der Waals surface area contributed by atoms with Crippen LogP contribution in [0.25, 0.3) is 0 Å². The molecule has 2 nitrogen and oxygen atoms in total. The first-order valence-electron chi connectivity index (χ1n) is 3.36. The average molecular weight is 138 g/mol. The molecule has 0 saturated heterocycles. The van der Waals surface area contributed by atoms with Crippen LogP contribution in [-0.4, -0.2) is 24.8 Å². The summed E-state index contributed by atoms with van der Waals surface area (Å²) in [6.45, 7) is 5.22. The molecule has 10 heavy (non-hydrogen) atoms. The summed E-state index contributed by atoms with van der Waals surface area (Å²) in [5.74, 6) is 2.96. The van der Waals surface area contributed by atoms with Crippen molar-refractivity contribution < 1.29 is 0 Å². The molecule has 0 unspecified atom stereocenters. The number of rotatable bonds is 3. The molecule has 0 heterocycles. The van der Waals surface area contributed by atoms with Gasteiger partial charge in [-0.3, -0.25) is 5.01 Å². The zero-order chi connectivity index (χ0) is 7.98. The lowest BCUT2D eigenvalue weighted by Gasteiger charge is -2.13. The molecular formula is C8H14N2. The largest absolute Gasteiger partial charge is 0.299 e. The van der Waals surface area contributed by atoms with Gasteiger partial charge in [-0.2, -0.15) is 5.10 Å². The van der Waals surface area contributed by atoms with Crippen LogP contribution in [0.4, 0.5) is 0 Å². The van der Waals surface area contributed by atoms with E-state index in [4.69, 9.17) is 6.42 Å². The third-order valence-corrected chi connectivity index (χ3v) is 0.959. The van der Waals surface area contributed by atoms with E-state index in [1.807, 2.05) is 12.1 Å². The summed E-state index contributed by atoms with van der Waals surface area (Å²) < 4.78 is 0. The first-order chi connectivity index (χ1) is 4.66. The molecular weight excluding hydrogens is 124 g/mol. The minimum atomic E-state index is 0.625. The van der Waals surface area contributed by atoms with Gasteiger partial charge in [0.05, 0.1) is 6.21 Å². The highest BCUT2D eigenvalue weighted by Crippen LogP contribution is 1.94. The first-order valence-corrected chi connectivity index (χ1v) is 3.36. The van der Waals surface area contributed by atoms with Crippen molar-refractivity contribution in [3.05, 3.63) is 0 Å². The van der Waals surface area contributed by atoms with Gasteiger partial charge in [0.25, 0.3) is 0 Å². The van der Waals surface area contributed by atoms with E-state index >= 15 is 0 Å². The van der Waals surface area contributed by atoms with E-state index in [1.165, 1.54) is 6.21 Å². The highest BCUT2D eigenvalue weighted by Gasteiger charge is 1.95. The Balaban J connectivity index is 3.55. The lowest BCUT2D eigenvalue weighted by molar-refractivity contribution is 0.312. The first kappa shape index (κ1) is 9.03. The van der Waals surface area contributed by atoms with Crippen LogP contribution < -0.4 is 0 Å². The zero-order valence-electron chi connectivity index (χ0n) is 6.83.